The second kappa shape index (κ2) is 7.68. The van der Waals surface area contributed by atoms with Crippen molar-refractivity contribution < 1.29 is 18.0 Å². The average Bonchev–Trinajstić information content (AvgIpc) is 3.01. The maximum atomic E-state index is 13.1. The van der Waals surface area contributed by atoms with Crippen LogP contribution in [0, 0.1) is 0 Å². The molecule has 0 aliphatic carbocycles. The summed E-state index contributed by atoms with van der Waals surface area (Å²) in [6.45, 7) is 6.07. The molecule has 0 spiro atoms. The van der Waals surface area contributed by atoms with E-state index in [1.54, 1.807) is 18.2 Å². The molecule has 0 atom stereocenters. The first-order valence-corrected chi connectivity index (χ1v) is 11.5. The predicted octanol–water partition coefficient (Wildman–Crippen LogP) is 4.03. The van der Waals surface area contributed by atoms with Gasteiger partial charge in [-0.15, -0.1) is 0 Å². The summed E-state index contributed by atoms with van der Waals surface area (Å²) in [6, 6.07) is 10.7. The van der Waals surface area contributed by atoms with E-state index in [1.807, 2.05) is 20.8 Å². The number of sulfonamides is 1. The highest BCUT2D eigenvalue weighted by molar-refractivity contribution is 7.92. The highest BCUT2D eigenvalue weighted by atomic mass is 35.5. The van der Waals surface area contributed by atoms with E-state index >= 15 is 0 Å². The van der Waals surface area contributed by atoms with Gasteiger partial charge in [0.05, 0.1) is 26.7 Å². The Morgan fingerprint density at radius 3 is 2.09 bits per heavy atom. The monoisotopic (exact) mass is 470 g/mol. The minimum Gasteiger partial charge on any atom is -0.279 e. The number of amides is 2. The molecule has 4 rings (SSSR count). The Kier molecular flexibility index (Phi) is 5.26. The fraction of sp³-hybridized carbons (Fsp3) is 0.182. The number of anilines is 2. The first-order chi connectivity index (χ1) is 15.0. The minimum atomic E-state index is -4.04. The van der Waals surface area contributed by atoms with E-state index < -0.39 is 21.8 Å². The first kappa shape index (κ1) is 21.9. The zero-order chi connectivity index (χ0) is 23.3. The highest BCUT2D eigenvalue weighted by Gasteiger charge is 2.42. The summed E-state index contributed by atoms with van der Waals surface area (Å²) in [5.41, 5.74) is 0.532. The van der Waals surface area contributed by atoms with Crippen molar-refractivity contribution >= 4 is 45.1 Å². The van der Waals surface area contributed by atoms with Crippen molar-refractivity contribution in [3.05, 3.63) is 76.6 Å². The Labute approximate surface area is 190 Å². The second-order valence-electron chi connectivity index (χ2n) is 8.22. The number of fused-ring (bicyclic) bond motifs is 1. The van der Waals surface area contributed by atoms with Gasteiger partial charge < -0.3 is 0 Å². The molecule has 164 valence electrons. The van der Waals surface area contributed by atoms with E-state index in [4.69, 9.17) is 11.6 Å². The molecule has 1 aliphatic heterocycles. The minimum absolute atomic E-state index is 0.0224. The van der Waals surface area contributed by atoms with Gasteiger partial charge in [-0.1, -0.05) is 44.5 Å². The topological polar surface area (TPSA) is 109 Å². The van der Waals surface area contributed by atoms with E-state index in [-0.39, 0.29) is 38.1 Å². The summed E-state index contributed by atoms with van der Waals surface area (Å²) >= 11 is 6.19. The number of nitrogens with one attached hydrogen (secondary N) is 1. The maximum absolute atomic E-state index is 13.1. The Balaban J connectivity index is 1.74. The van der Waals surface area contributed by atoms with Crippen molar-refractivity contribution in [1.29, 1.82) is 0 Å². The van der Waals surface area contributed by atoms with Gasteiger partial charge in [0.15, 0.2) is 0 Å². The van der Waals surface area contributed by atoms with Gasteiger partial charge in [0, 0.05) is 12.4 Å². The van der Waals surface area contributed by atoms with Gasteiger partial charge in [0.2, 0.25) is 5.95 Å². The van der Waals surface area contributed by atoms with Crippen LogP contribution in [0.5, 0.6) is 0 Å². The van der Waals surface area contributed by atoms with E-state index in [1.165, 1.54) is 36.7 Å². The van der Waals surface area contributed by atoms with E-state index in [0.717, 1.165) is 10.5 Å². The predicted molar refractivity (Wildman–Crippen MR) is 121 cm³/mol. The summed E-state index contributed by atoms with van der Waals surface area (Å²) < 4.78 is 28.4. The third-order valence-electron chi connectivity index (χ3n) is 5.02. The number of hydrogen-bond donors (Lipinski definition) is 1. The average molecular weight is 471 g/mol. The number of nitrogens with zero attached hydrogens (tertiary/aromatic N) is 3. The van der Waals surface area contributed by atoms with Crippen LogP contribution in [-0.2, 0) is 15.4 Å². The van der Waals surface area contributed by atoms with Crippen LogP contribution in [0.4, 0.5) is 11.6 Å². The largest absolute Gasteiger partial charge is 0.279 e. The zero-order valence-electron chi connectivity index (χ0n) is 17.5. The van der Waals surface area contributed by atoms with Crippen LogP contribution in [0.25, 0.3) is 0 Å². The molecule has 2 heterocycles. The molecule has 10 heteroatoms. The maximum Gasteiger partial charge on any atom is 0.270 e. The molecule has 0 unspecified atom stereocenters. The van der Waals surface area contributed by atoms with Crippen molar-refractivity contribution in [3.63, 3.8) is 0 Å². The van der Waals surface area contributed by atoms with Crippen molar-refractivity contribution in [2.24, 2.45) is 0 Å². The number of benzene rings is 2. The van der Waals surface area contributed by atoms with Crippen molar-refractivity contribution in [1.82, 2.24) is 9.97 Å². The number of carbonyl (C=O) groups excluding carboxylic acids is 2. The first-order valence-electron chi connectivity index (χ1n) is 9.62. The van der Waals surface area contributed by atoms with Gasteiger partial charge in [-0.2, -0.15) is 0 Å². The number of imide groups is 1. The van der Waals surface area contributed by atoms with Gasteiger partial charge >= 0.3 is 0 Å². The molecular formula is C22H19ClN4O4S. The van der Waals surface area contributed by atoms with Gasteiger partial charge in [-0.25, -0.2) is 23.3 Å². The van der Waals surface area contributed by atoms with Gasteiger partial charge in [0.1, 0.15) is 0 Å². The molecule has 0 saturated heterocycles. The number of rotatable bonds is 4. The smallest absolute Gasteiger partial charge is 0.270 e. The molecule has 0 saturated carbocycles. The lowest BCUT2D eigenvalue weighted by molar-refractivity contribution is 0.0924. The van der Waals surface area contributed by atoms with Gasteiger partial charge in [-0.3, -0.25) is 14.3 Å². The molecule has 2 amide bonds. The fourth-order valence-electron chi connectivity index (χ4n) is 3.34. The molecular weight excluding hydrogens is 452 g/mol. The Morgan fingerprint density at radius 1 is 0.906 bits per heavy atom. The Hall–Kier alpha value is -3.30. The molecule has 3 aromatic rings. The molecule has 1 aromatic heterocycles. The van der Waals surface area contributed by atoms with Crippen LogP contribution < -0.4 is 9.62 Å². The SMILES string of the molecule is CC(C)(C)c1ccc(S(=O)(=O)Nc2ccc(Cl)c3c2C(=O)N(c2ncccn2)C3=O)cc1. The number of hydrogen-bond acceptors (Lipinski definition) is 6. The highest BCUT2D eigenvalue weighted by Crippen LogP contribution is 2.37. The van der Waals surface area contributed by atoms with Crippen LogP contribution in [0.3, 0.4) is 0 Å². The van der Waals surface area contributed by atoms with Crippen molar-refractivity contribution in [3.8, 4) is 0 Å². The number of halogens is 1. The lowest BCUT2D eigenvalue weighted by atomic mass is 9.87. The second-order valence-corrected chi connectivity index (χ2v) is 10.3. The van der Waals surface area contributed by atoms with Gasteiger partial charge in [0.25, 0.3) is 21.8 Å². The molecule has 0 fully saturated rings. The fourth-order valence-corrected chi connectivity index (χ4v) is 4.65. The van der Waals surface area contributed by atoms with Crippen molar-refractivity contribution in [2.45, 2.75) is 31.1 Å². The molecule has 1 N–H and O–H groups in total. The summed E-state index contributed by atoms with van der Waals surface area (Å²) in [5.74, 6) is -1.61. The number of aromatic nitrogens is 2. The van der Waals surface area contributed by atoms with E-state index in [9.17, 15) is 18.0 Å². The standard InChI is InChI=1S/C22H19ClN4O4S/c1-22(2,3)13-5-7-14(8-6-13)32(30,31)26-16-10-9-15(23)17-18(16)20(29)27(19(17)28)21-24-11-4-12-25-21/h4-12,26H,1-3H3. The normalized spacial score (nSPS) is 13.9. The molecule has 1 aliphatic rings. The van der Waals surface area contributed by atoms with Crippen LogP contribution in [0.2, 0.25) is 5.02 Å². The van der Waals surface area contributed by atoms with Crippen LogP contribution in [0.15, 0.2) is 59.8 Å². The quantitative estimate of drug-likeness (QED) is 0.576. The third-order valence-corrected chi connectivity index (χ3v) is 6.71. The summed E-state index contributed by atoms with van der Waals surface area (Å²) in [5, 5.41) is 0.0225. The molecule has 0 bridgehead atoms. The molecule has 8 nitrogen and oxygen atoms in total. The molecule has 2 aromatic carbocycles. The van der Waals surface area contributed by atoms with Crippen LogP contribution >= 0.6 is 11.6 Å². The molecule has 32 heavy (non-hydrogen) atoms. The summed E-state index contributed by atoms with van der Waals surface area (Å²) in [4.78, 5) is 34.7. The summed E-state index contributed by atoms with van der Waals surface area (Å²) in [7, 11) is -4.04. The Morgan fingerprint density at radius 2 is 1.50 bits per heavy atom. The zero-order valence-corrected chi connectivity index (χ0v) is 19.0. The Bertz CT molecular complexity index is 1330. The van der Waals surface area contributed by atoms with E-state index in [2.05, 4.69) is 14.7 Å². The van der Waals surface area contributed by atoms with E-state index in [0.29, 0.717) is 0 Å². The third kappa shape index (κ3) is 3.74. The summed E-state index contributed by atoms with van der Waals surface area (Å²) in [6.07, 6.45) is 2.77. The van der Waals surface area contributed by atoms with Gasteiger partial charge in [-0.05, 0) is 41.3 Å². The number of carbonyl (C=O) groups is 2. The lowest BCUT2D eigenvalue weighted by Crippen LogP contribution is -2.31. The molecule has 0 radical (unpaired) electrons. The lowest BCUT2D eigenvalue weighted by Gasteiger charge is -2.19. The van der Waals surface area contributed by atoms with Crippen LogP contribution in [-0.4, -0.2) is 30.2 Å². The van der Waals surface area contributed by atoms with Crippen molar-refractivity contribution in [2.75, 3.05) is 9.62 Å². The van der Waals surface area contributed by atoms with Crippen LogP contribution in [0.1, 0.15) is 47.1 Å².